The first-order chi connectivity index (χ1) is 25.8. The van der Waals surface area contributed by atoms with Gasteiger partial charge in [-0.2, -0.15) is 0 Å². The molecule has 6 aromatic carbocycles. The summed E-state index contributed by atoms with van der Waals surface area (Å²) in [6, 6.07) is 48.5. The zero-order valence-corrected chi connectivity index (χ0v) is 30.7. The zero-order chi connectivity index (χ0) is 36.8. The Kier molecular flexibility index (Phi) is 10.7. The number of halogens is 1. The van der Waals surface area contributed by atoms with Gasteiger partial charge in [0.1, 0.15) is 12.6 Å². The molecule has 0 saturated heterocycles. The van der Waals surface area contributed by atoms with Crippen LogP contribution in [-0.2, 0) is 26.3 Å². The number of benzene rings is 6. The lowest BCUT2D eigenvalue weighted by molar-refractivity contribution is -0.156. The Morgan fingerprint density at radius 3 is 1.81 bits per heavy atom. The van der Waals surface area contributed by atoms with Crippen LogP contribution in [0.3, 0.4) is 0 Å². The number of hydrogen-bond donors (Lipinski definition) is 1. The second kappa shape index (κ2) is 15.9. The van der Waals surface area contributed by atoms with Gasteiger partial charge in [-0.05, 0) is 67.0 Å². The molecule has 0 unspecified atom stereocenters. The molecule has 0 spiro atoms. The third-order valence-corrected chi connectivity index (χ3v) is 10.4. The number of esters is 1. The number of aryl methyl sites for hydroxylation is 3. The molecular weight excluding hydrogens is 678 g/mol. The van der Waals surface area contributed by atoms with Crippen molar-refractivity contribution in [1.29, 1.82) is 0 Å². The average molecular weight is 720 g/mol. The summed E-state index contributed by atoms with van der Waals surface area (Å²) in [7, 11) is 0. The van der Waals surface area contributed by atoms with E-state index < -0.39 is 23.7 Å². The first-order valence-electron chi connectivity index (χ1n) is 18.1. The van der Waals surface area contributed by atoms with Gasteiger partial charge in [0.15, 0.2) is 5.60 Å². The molecule has 0 bridgehead atoms. The van der Waals surface area contributed by atoms with E-state index in [-0.39, 0.29) is 12.5 Å². The monoisotopic (exact) mass is 719 g/mol. The largest absolute Gasteiger partial charge is 0.449 e. The molecule has 5 nitrogen and oxygen atoms in total. The third kappa shape index (κ3) is 7.62. The van der Waals surface area contributed by atoms with Gasteiger partial charge in [-0.3, -0.25) is 0 Å². The summed E-state index contributed by atoms with van der Waals surface area (Å²) in [6.07, 6.45) is 1.01. The van der Waals surface area contributed by atoms with Crippen LogP contribution in [0.15, 0.2) is 152 Å². The summed E-state index contributed by atoms with van der Waals surface area (Å²) in [4.78, 5) is 28.5. The fourth-order valence-electron chi connectivity index (χ4n) is 7.72. The molecule has 6 aromatic rings. The predicted octanol–water partition coefficient (Wildman–Crippen LogP) is 10.7. The van der Waals surface area contributed by atoms with Crippen LogP contribution in [0.25, 0.3) is 11.1 Å². The van der Waals surface area contributed by atoms with Crippen LogP contribution in [0.2, 0.25) is 5.02 Å². The molecule has 7 rings (SSSR count). The standard InChI is InChI=1S/C47H42ClNO4/c1-32-28-33(2)30-34(29-32)16-15-27-44(49-46(51)52-31-41-39-23-11-9-21-37(39)38-22-10-12-24-40(38)41)45(50)53-47(35-17-5-3-6-18-35,36-19-7-4-8-20-36)42-25-13-14-26-43(42)48/h3-14,17-26,28-30,41,44H,15-16,27,31H2,1-2H3,(H,49,51)/t44-/m0/s1. The summed E-state index contributed by atoms with van der Waals surface area (Å²) < 4.78 is 12.7. The maximum atomic E-state index is 14.7. The molecule has 1 N–H and O–H groups in total. The molecule has 1 aliphatic rings. The van der Waals surface area contributed by atoms with Crippen LogP contribution in [0.1, 0.15) is 63.3 Å². The lowest BCUT2D eigenvalue weighted by Gasteiger charge is -2.37. The van der Waals surface area contributed by atoms with E-state index in [4.69, 9.17) is 21.1 Å². The van der Waals surface area contributed by atoms with E-state index in [1.54, 1.807) is 6.07 Å². The van der Waals surface area contributed by atoms with Gasteiger partial charge in [-0.25, -0.2) is 9.59 Å². The molecule has 1 atom stereocenters. The minimum atomic E-state index is -1.41. The molecule has 0 heterocycles. The van der Waals surface area contributed by atoms with Gasteiger partial charge < -0.3 is 14.8 Å². The van der Waals surface area contributed by atoms with E-state index in [2.05, 4.69) is 61.6 Å². The third-order valence-electron chi connectivity index (χ3n) is 10.0. The number of amides is 1. The highest BCUT2D eigenvalue weighted by molar-refractivity contribution is 6.31. The Labute approximate surface area is 316 Å². The van der Waals surface area contributed by atoms with Crippen LogP contribution >= 0.6 is 11.6 Å². The van der Waals surface area contributed by atoms with Crippen molar-refractivity contribution >= 4 is 23.7 Å². The highest BCUT2D eigenvalue weighted by atomic mass is 35.5. The van der Waals surface area contributed by atoms with E-state index in [1.165, 1.54) is 16.7 Å². The van der Waals surface area contributed by atoms with E-state index >= 15 is 0 Å². The van der Waals surface area contributed by atoms with Crippen molar-refractivity contribution < 1.29 is 19.1 Å². The second-order valence-electron chi connectivity index (χ2n) is 13.7. The summed E-state index contributed by atoms with van der Waals surface area (Å²) in [5, 5.41) is 3.37. The lowest BCUT2D eigenvalue weighted by Crippen LogP contribution is -2.46. The number of carbonyl (C=O) groups excluding carboxylic acids is 2. The summed E-state index contributed by atoms with van der Waals surface area (Å²) in [5.74, 6) is -0.710. The quantitative estimate of drug-likeness (QED) is 0.101. The first kappa shape index (κ1) is 35.7. The molecule has 0 fully saturated rings. The van der Waals surface area contributed by atoms with E-state index in [0.717, 1.165) is 39.8 Å². The molecule has 0 radical (unpaired) electrons. The summed E-state index contributed by atoms with van der Waals surface area (Å²) in [5.41, 5.74) is 8.70. The Balaban J connectivity index is 1.19. The van der Waals surface area contributed by atoms with E-state index in [0.29, 0.717) is 23.4 Å². The average Bonchev–Trinajstić information content (AvgIpc) is 3.50. The molecule has 266 valence electrons. The van der Waals surface area contributed by atoms with Gasteiger partial charge >= 0.3 is 12.1 Å². The lowest BCUT2D eigenvalue weighted by atomic mass is 9.80. The molecule has 0 aromatic heterocycles. The Bertz CT molecular complexity index is 2110. The van der Waals surface area contributed by atoms with Gasteiger partial charge in [-0.15, -0.1) is 0 Å². The van der Waals surface area contributed by atoms with Gasteiger partial charge in [-0.1, -0.05) is 168 Å². The molecule has 0 aliphatic heterocycles. The highest BCUT2D eigenvalue weighted by Crippen LogP contribution is 2.45. The second-order valence-corrected chi connectivity index (χ2v) is 14.1. The van der Waals surface area contributed by atoms with Gasteiger partial charge in [0.25, 0.3) is 0 Å². The fraction of sp³-hybridized carbons (Fsp3) is 0.191. The molecular formula is C47H42ClNO4. The number of ether oxygens (including phenoxy) is 2. The Morgan fingerprint density at radius 2 is 1.23 bits per heavy atom. The van der Waals surface area contributed by atoms with Gasteiger partial charge in [0.2, 0.25) is 0 Å². The van der Waals surface area contributed by atoms with Gasteiger partial charge in [0, 0.05) is 27.6 Å². The van der Waals surface area contributed by atoms with Crippen molar-refractivity contribution in [2.75, 3.05) is 6.61 Å². The molecule has 1 amide bonds. The van der Waals surface area contributed by atoms with Crippen LogP contribution < -0.4 is 5.32 Å². The van der Waals surface area contributed by atoms with Crippen molar-refractivity contribution in [3.05, 3.63) is 201 Å². The molecule has 6 heteroatoms. The number of hydrogen-bond acceptors (Lipinski definition) is 4. The predicted molar refractivity (Wildman–Crippen MR) is 211 cm³/mol. The van der Waals surface area contributed by atoms with Crippen molar-refractivity contribution in [3.8, 4) is 11.1 Å². The van der Waals surface area contributed by atoms with E-state index in [1.807, 2.05) is 103 Å². The summed E-state index contributed by atoms with van der Waals surface area (Å²) >= 11 is 6.93. The Morgan fingerprint density at radius 1 is 0.698 bits per heavy atom. The normalized spacial score (nSPS) is 12.7. The van der Waals surface area contributed by atoms with Crippen LogP contribution in [0.4, 0.5) is 4.79 Å². The molecule has 53 heavy (non-hydrogen) atoms. The highest BCUT2D eigenvalue weighted by Gasteiger charge is 2.43. The number of nitrogens with one attached hydrogen (secondary N) is 1. The number of rotatable bonds is 12. The number of fused-ring (bicyclic) bond motifs is 3. The van der Waals surface area contributed by atoms with Gasteiger partial charge in [0.05, 0.1) is 0 Å². The van der Waals surface area contributed by atoms with Crippen LogP contribution in [0.5, 0.6) is 0 Å². The molecule has 1 aliphatic carbocycles. The van der Waals surface area contributed by atoms with Crippen molar-refractivity contribution in [2.45, 2.75) is 50.7 Å². The Hall–Kier alpha value is -5.65. The fourth-order valence-corrected chi connectivity index (χ4v) is 7.99. The number of alkyl carbamates (subject to hydrolysis) is 1. The van der Waals surface area contributed by atoms with Crippen molar-refractivity contribution in [3.63, 3.8) is 0 Å². The maximum absolute atomic E-state index is 14.7. The van der Waals surface area contributed by atoms with E-state index in [9.17, 15) is 9.59 Å². The minimum Gasteiger partial charge on any atom is -0.449 e. The van der Waals surface area contributed by atoms with Crippen LogP contribution in [0, 0.1) is 13.8 Å². The zero-order valence-electron chi connectivity index (χ0n) is 29.9. The molecule has 0 saturated carbocycles. The maximum Gasteiger partial charge on any atom is 0.407 e. The smallest absolute Gasteiger partial charge is 0.407 e. The van der Waals surface area contributed by atoms with Crippen molar-refractivity contribution in [1.82, 2.24) is 5.32 Å². The topological polar surface area (TPSA) is 64.6 Å². The minimum absolute atomic E-state index is 0.118. The first-order valence-corrected chi connectivity index (χ1v) is 18.5. The number of carbonyl (C=O) groups is 2. The van der Waals surface area contributed by atoms with Crippen molar-refractivity contribution in [2.24, 2.45) is 0 Å². The summed E-state index contributed by atoms with van der Waals surface area (Å²) in [6.45, 7) is 4.29. The SMILES string of the molecule is Cc1cc(C)cc(CCC[C@H](NC(=O)OCC2c3ccccc3-c3ccccc32)C(=O)OC(c2ccccc2)(c2ccccc2)c2ccccc2Cl)c1. The van der Waals surface area contributed by atoms with Crippen LogP contribution in [-0.4, -0.2) is 24.7 Å².